The monoisotopic (exact) mass is 451 g/mol. The molecule has 30 heavy (non-hydrogen) atoms. The summed E-state index contributed by atoms with van der Waals surface area (Å²) in [5, 5.41) is 15.1. The van der Waals surface area contributed by atoms with Crippen LogP contribution in [0.1, 0.15) is 16.1 Å². The van der Waals surface area contributed by atoms with Crippen LogP contribution in [0.15, 0.2) is 46.0 Å². The topological polar surface area (TPSA) is 144 Å². The average Bonchev–Trinajstić information content (AvgIpc) is 3.05. The fourth-order valence-corrected chi connectivity index (χ4v) is 3.09. The molecule has 9 nitrogen and oxygen atoms in total. The molecule has 1 unspecified atom stereocenters. The Bertz CT molecular complexity index is 1130. The molecule has 11 heteroatoms. The number of nitrogens with zero attached hydrogens (tertiary/aromatic N) is 1. The summed E-state index contributed by atoms with van der Waals surface area (Å²) in [7, 11) is 0. The highest BCUT2D eigenvalue weighted by Crippen LogP contribution is 2.36. The van der Waals surface area contributed by atoms with Gasteiger partial charge in [0.2, 0.25) is 5.78 Å². The Balaban J connectivity index is 2.02. The minimum Gasteiger partial charge on any atom is -0.491 e. The standard InChI is InChI=1S/C19H15Cl2N3O6/c20-13-3-1-2-12(15(13)21)17(26)18-16(24-19(22)27)11-5-4-10(6-14(11)30-18)29-8-9(25)7-23-28/h1-6,9,25H,7-8H2,(H3,22,24,27). The van der Waals surface area contributed by atoms with Gasteiger partial charge in [0.05, 0.1) is 10.0 Å². The van der Waals surface area contributed by atoms with Crippen LogP contribution in [0.3, 0.4) is 0 Å². The fourth-order valence-electron chi connectivity index (χ4n) is 2.71. The van der Waals surface area contributed by atoms with Crippen molar-refractivity contribution >= 4 is 51.7 Å². The first-order valence-electron chi connectivity index (χ1n) is 8.53. The van der Waals surface area contributed by atoms with Gasteiger partial charge in [0.15, 0.2) is 5.76 Å². The Morgan fingerprint density at radius 2 is 2.03 bits per heavy atom. The molecule has 3 aromatic rings. The molecular formula is C19H15Cl2N3O6. The van der Waals surface area contributed by atoms with Crippen molar-refractivity contribution in [2.75, 3.05) is 18.5 Å². The number of hydrogen-bond donors (Lipinski definition) is 3. The lowest BCUT2D eigenvalue weighted by atomic mass is 10.1. The molecule has 1 aromatic heterocycles. The third-order valence-corrected chi connectivity index (χ3v) is 4.86. The molecule has 0 fully saturated rings. The molecule has 1 atom stereocenters. The molecule has 3 rings (SSSR count). The van der Waals surface area contributed by atoms with Crippen LogP contribution in [0.4, 0.5) is 10.5 Å². The first kappa shape index (κ1) is 21.6. The quantitative estimate of drug-likeness (QED) is 0.349. The Morgan fingerprint density at radius 1 is 1.27 bits per heavy atom. The van der Waals surface area contributed by atoms with Crippen molar-refractivity contribution < 1.29 is 23.8 Å². The second-order valence-electron chi connectivity index (χ2n) is 6.16. The number of carbonyl (C=O) groups is 2. The highest BCUT2D eigenvalue weighted by atomic mass is 35.5. The molecule has 156 valence electrons. The highest BCUT2D eigenvalue weighted by molar-refractivity contribution is 6.44. The van der Waals surface area contributed by atoms with E-state index in [4.69, 9.17) is 38.1 Å². The zero-order valence-corrected chi connectivity index (χ0v) is 16.7. The largest absolute Gasteiger partial charge is 0.491 e. The van der Waals surface area contributed by atoms with Crippen molar-refractivity contribution in [1.29, 1.82) is 0 Å². The molecule has 1 heterocycles. The number of amides is 2. The van der Waals surface area contributed by atoms with E-state index in [0.717, 1.165) is 0 Å². The van der Waals surface area contributed by atoms with Crippen molar-refractivity contribution in [3.8, 4) is 5.75 Å². The minimum atomic E-state index is -1.07. The molecule has 0 saturated heterocycles. The van der Waals surface area contributed by atoms with Gasteiger partial charge >= 0.3 is 6.03 Å². The number of rotatable bonds is 8. The predicted molar refractivity (Wildman–Crippen MR) is 111 cm³/mol. The maximum atomic E-state index is 13.0. The van der Waals surface area contributed by atoms with E-state index in [9.17, 15) is 19.6 Å². The molecule has 2 amide bonds. The van der Waals surface area contributed by atoms with Crippen molar-refractivity contribution in [1.82, 2.24) is 0 Å². The molecule has 2 aromatic carbocycles. The lowest BCUT2D eigenvalue weighted by Gasteiger charge is -2.09. The number of halogens is 2. The minimum absolute atomic E-state index is 0.0384. The summed E-state index contributed by atoms with van der Waals surface area (Å²) in [6, 6.07) is 8.19. The van der Waals surface area contributed by atoms with E-state index in [1.165, 1.54) is 24.3 Å². The molecule has 4 N–H and O–H groups in total. The lowest BCUT2D eigenvalue weighted by Crippen LogP contribution is -2.20. The summed E-state index contributed by atoms with van der Waals surface area (Å²) in [5.41, 5.74) is 5.59. The zero-order valence-electron chi connectivity index (χ0n) is 15.2. The maximum Gasteiger partial charge on any atom is 0.316 e. The Morgan fingerprint density at radius 3 is 2.73 bits per heavy atom. The van der Waals surface area contributed by atoms with E-state index in [1.54, 1.807) is 12.1 Å². The first-order chi connectivity index (χ1) is 14.3. The molecular weight excluding hydrogens is 437 g/mol. The fraction of sp³-hybridized carbons (Fsp3) is 0.158. The molecule has 0 spiro atoms. The first-order valence-corrected chi connectivity index (χ1v) is 9.29. The van der Waals surface area contributed by atoms with Gasteiger partial charge in [-0.25, -0.2) is 4.79 Å². The molecule has 0 aliphatic heterocycles. The van der Waals surface area contributed by atoms with Gasteiger partial charge in [-0.15, -0.1) is 0 Å². The number of furan rings is 1. The second-order valence-corrected chi connectivity index (χ2v) is 6.95. The number of aliphatic hydroxyl groups is 1. The van der Waals surface area contributed by atoms with Gasteiger partial charge in [-0.2, -0.15) is 4.91 Å². The SMILES string of the molecule is NC(=O)Nc1c(C(=O)c2cccc(Cl)c2Cl)oc2cc(OCC(O)CN=O)ccc12. The number of nitroso groups, excluding NO2 is 1. The molecule has 0 radical (unpaired) electrons. The van der Waals surface area contributed by atoms with Crippen LogP contribution in [0.5, 0.6) is 5.75 Å². The van der Waals surface area contributed by atoms with Gasteiger partial charge in [-0.3, -0.25) is 4.79 Å². The Hall–Kier alpha value is -3.14. The smallest absolute Gasteiger partial charge is 0.316 e. The van der Waals surface area contributed by atoms with E-state index >= 15 is 0 Å². The second kappa shape index (κ2) is 9.12. The van der Waals surface area contributed by atoms with Gasteiger partial charge in [0, 0.05) is 17.0 Å². The number of nitrogens with one attached hydrogen (secondary N) is 1. The molecule has 0 aliphatic rings. The number of benzene rings is 2. The summed E-state index contributed by atoms with van der Waals surface area (Å²) in [6.07, 6.45) is -1.07. The van der Waals surface area contributed by atoms with E-state index in [1.807, 2.05) is 0 Å². The number of ether oxygens (including phenoxy) is 1. The average molecular weight is 452 g/mol. The zero-order chi connectivity index (χ0) is 21.8. The Labute approximate surface area is 179 Å². The van der Waals surface area contributed by atoms with Crippen LogP contribution in [0.25, 0.3) is 11.0 Å². The van der Waals surface area contributed by atoms with E-state index < -0.39 is 17.9 Å². The van der Waals surface area contributed by atoms with Gasteiger partial charge in [-0.1, -0.05) is 34.4 Å². The maximum absolute atomic E-state index is 13.0. The van der Waals surface area contributed by atoms with Crippen LogP contribution >= 0.6 is 23.2 Å². The van der Waals surface area contributed by atoms with Gasteiger partial charge < -0.3 is 25.3 Å². The molecule has 0 bridgehead atoms. The normalized spacial score (nSPS) is 11.8. The number of aliphatic hydroxyl groups excluding tert-OH is 1. The summed E-state index contributed by atoms with van der Waals surface area (Å²) in [6.45, 7) is -0.483. The molecule has 0 aliphatic carbocycles. The number of carbonyl (C=O) groups excluding carboxylic acids is 2. The van der Waals surface area contributed by atoms with Crippen LogP contribution < -0.4 is 15.8 Å². The number of hydrogen-bond acceptors (Lipinski definition) is 7. The van der Waals surface area contributed by atoms with Crippen molar-refractivity contribution in [2.24, 2.45) is 10.9 Å². The summed E-state index contributed by atoms with van der Waals surface area (Å²) >= 11 is 12.1. The van der Waals surface area contributed by atoms with Crippen LogP contribution in [-0.2, 0) is 0 Å². The number of urea groups is 1. The summed E-state index contributed by atoms with van der Waals surface area (Å²) in [4.78, 5) is 34.7. The Kier molecular flexibility index (Phi) is 6.56. The van der Waals surface area contributed by atoms with Gasteiger partial charge in [0.25, 0.3) is 0 Å². The summed E-state index contributed by atoms with van der Waals surface area (Å²) in [5.74, 6) is -0.515. The van der Waals surface area contributed by atoms with Crippen LogP contribution in [-0.4, -0.2) is 36.2 Å². The number of ketones is 1. The summed E-state index contributed by atoms with van der Waals surface area (Å²) < 4.78 is 11.1. The third-order valence-electron chi connectivity index (χ3n) is 4.04. The van der Waals surface area contributed by atoms with E-state index in [0.29, 0.717) is 11.1 Å². The van der Waals surface area contributed by atoms with Crippen LogP contribution in [0, 0.1) is 4.91 Å². The van der Waals surface area contributed by atoms with E-state index in [-0.39, 0.29) is 45.8 Å². The number of fused-ring (bicyclic) bond motifs is 1. The van der Waals surface area contributed by atoms with Crippen LogP contribution in [0.2, 0.25) is 10.0 Å². The van der Waals surface area contributed by atoms with Crippen molar-refractivity contribution in [2.45, 2.75) is 6.10 Å². The lowest BCUT2D eigenvalue weighted by molar-refractivity contribution is 0.101. The van der Waals surface area contributed by atoms with E-state index in [2.05, 4.69) is 10.5 Å². The number of anilines is 1. The highest BCUT2D eigenvalue weighted by Gasteiger charge is 2.25. The predicted octanol–water partition coefficient (Wildman–Crippen LogP) is 3.97. The van der Waals surface area contributed by atoms with Gasteiger partial charge in [0.1, 0.15) is 36.3 Å². The number of primary amides is 1. The number of nitrogens with two attached hydrogens (primary N) is 1. The van der Waals surface area contributed by atoms with Gasteiger partial charge in [-0.05, 0) is 24.3 Å². The molecule has 0 saturated carbocycles. The van der Waals surface area contributed by atoms with Crippen molar-refractivity contribution in [3.63, 3.8) is 0 Å². The van der Waals surface area contributed by atoms with Crippen molar-refractivity contribution in [3.05, 3.63) is 62.7 Å². The third kappa shape index (κ3) is 4.54.